The molecular formula is C19H21FN4O4S. The highest BCUT2D eigenvalue weighted by atomic mass is 32.2. The zero-order valence-corrected chi connectivity index (χ0v) is 16.4. The van der Waals surface area contributed by atoms with Crippen LogP contribution >= 0.6 is 0 Å². The number of primary sulfonamides is 1. The van der Waals surface area contributed by atoms with Crippen molar-refractivity contribution in [3.05, 3.63) is 59.9 Å². The third kappa shape index (κ3) is 5.09. The quantitative estimate of drug-likeness (QED) is 0.697. The molecule has 3 rings (SSSR count). The Hall–Kier alpha value is -2.98. The summed E-state index contributed by atoms with van der Waals surface area (Å²) in [5.41, 5.74) is 1.11. The van der Waals surface area contributed by atoms with E-state index < -0.39 is 21.8 Å². The summed E-state index contributed by atoms with van der Waals surface area (Å²) >= 11 is 0. The van der Waals surface area contributed by atoms with E-state index in [-0.39, 0.29) is 17.3 Å². The first-order chi connectivity index (χ1) is 13.8. The number of piperazine rings is 1. The Balaban J connectivity index is 1.51. The van der Waals surface area contributed by atoms with Crippen molar-refractivity contribution in [2.24, 2.45) is 5.14 Å². The molecule has 0 saturated carbocycles. The van der Waals surface area contributed by atoms with Gasteiger partial charge >= 0.3 is 11.8 Å². The molecule has 2 aromatic rings. The summed E-state index contributed by atoms with van der Waals surface area (Å²) in [5, 5.41) is 7.56. The third-order valence-electron chi connectivity index (χ3n) is 4.66. The molecule has 0 aliphatic carbocycles. The van der Waals surface area contributed by atoms with E-state index in [1.165, 1.54) is 35.2 Å². The molecule has 0 atom stereocenters. The van der Waals surface area contributed by atoms with Gasteiger partial charge in [-0.3, -0.25) is 9.59 Å². The average molecular weight is 420 g/mol. The van der Waals surface area contributed by atoms with Crippen LogP contribution in [0, 0.1) is 5.82 Å². The van der Waals surface area contributed by atoms with Gasteiger partial charge in [0.05, 0.1) is 10.6 Å². The van der Waals surface area contributed by atoms with Crippen LogP contribution in [0.1, 0.15) is 5.56 Å². The van der Waals surface area contributed by atoms with Crippen molar-refractivity contribution in [1.82, 2.24) is 10.2 Å². The van der Waals surface area contributed by atoms with Gasteiger partial charge in [-0.05, 0) is 29.8 Å². The van der Waals surface area contributed by atoms with Crippen molar-refractivity contribution < 1.29 is 22.4 Å². The van der Waals surface area contributed by atoms with Crippen LogP contribution in [-0.4, -0.2) is 51.3 Å². The zero-order valence-electron chi connectivity index (χ0n) is 15.5. The maximum atomic E-state index is 13.9. The lowest BCUT2D eigenvalue weighted by Gasteiger charge is -2.35. The van der Waals surface area contributed by atoms with Gasteiger partial charge in [-0.15, -0.1) is 0 Å². The minimum atomic E-state index is -3.78. The van der Waals surface area contributed by atoms with Gasteiger partial charge in [0.1, 0.15) is 5.82 Å². The normalized spacial score (nSPS) is 14.6. The molecule has 0 radical (unpaired) electrons. The number of carbonyl (C=O) groups excluding carboxylic acids is 2. The molecule has 8 nitrogen and oxygen atoms in total. The number of para-hydroxylation sites is 1. The molecular weight excluding hydrogens is 399 g/mol. The molecule has 0 bridgehead atoms. The Labute approximate surface area is 168 Å². The fourth-order valence-corrected chi connectivity index (χ4v) is 3.57. The summed E-state index contributed by atoms with van der Waals surface area (Å²) in [6.45, 7) is 1.54. The predicted octanol–water partition coefficient (Wildman–Crippen LogP) is 0.438. The molecule has 154 valence electrons. The van der Waals surface area contributed by atoms with E-state index in [2.05, 4.69) is 5.32 Å². The van der Waals surface area contributed by atoms with E-state index >= 15 is 0 Å². The minimum Gasteiger partial charge on any atom is -0.366 e. The van der Waals surface area contributed by atoms with Crippen LogP contribution in [0.5, 0.6) is 0 Å². The van der Waals surface area contributed by atoms with Crippen molar-refractivity contribution >= 4 is 27.5 Å². The van der Waals surface area contributed by atoms with E-state index in [1.54, 1.807) is 18.2 Å². The summed E-state index contributed by atoms with van der Waals surface area (Å²) in [4.78, 5) is 27.7. The van der Waals surface area contributed by atoms with Crippen LogP contribution < -0.4 is 15.4 Å². The molecule has 1 saturated heterocycles. The lowest BCUT2D eigenvalue weighted by Crippen LogP contribution is -2.52. The smallest absolute Gasteiger partial charge is 0.312 e. The standard InChI is InChI=1S/C19H21FN4O4S/c20-16-3-1-2-4-17(16)23-9-11-24(12-10-23)19(26)18(25)22-13-14-5-7-15(8-6-14)29(21,27)28/h1-8H,9-13H2,(H,22,25)(H2,21,27,28). The van der Waals surface area contributed by atoms with Crippen molar-refractivity contribution in [2.45, 2.75) is 11.4 Å². The van der Waals surface area contributed by atoms with E-state index in [1.807, 2.05) is 4.90 Å². The molecule has 1 fully saturated rings. The van der Waals surface area contributed by atoms with Crippen LogP contribution in [0.15, 0.2) is 53.4 Å². The Morgan fingerprint density at radius 1 is 1.00 bits per heavy atom. The summed E-state index contributed by atoms with van der Waals surface area (Å²) in [6, 6.07) is 12.1. The Morgan fingerprint density at radius 2 is 1.62 bits per heavy atom. The summed E-state index contributed by atoms with van der Waals surface area (Å²) < 4.78 is 36.4. The molecule has 3 N–H and O–H groups in total. The fraction of sp³-hybridized carbons (Fsp3) is 0.263. The molecule has 1 aliphatic rings. The molecule has 1 aliphatic heterocycles. The second kappa shape index (κ2) is 8.58. The number of hydrogen-bond acceptors (Lipinski definition) is 5. The van der Waals surface area contributed by atoms with Gasteiger partial charge < -0.3 is 15.1 Å². The number of carbonyl (C=O) groups is 2. The number of amides is 2. The number of sulfonamides is 1. The van der Waals surface area contributed by atoms with Crippen LogP contribution in [0.25, 0.3) is 0 Å². The lowest BCUT2D eigenvalue weighted by molar-refractivity contribution is -0.146. The van der Waals surface area contributed by atoms with Crippen LogP contribution in [0.3, 0.4) is 0 Å². The first kappa shape index (κ1) is 20.7. The molecule has 10 heteroatoms. The number of nitrogens with one attached hydrogen (secondary N) is 1. The summed E-state index contributed by atoms with van der Waals surface area (Å²) in [5.74, 6) is -1.72. The predicted molar refractivity (Wildman–Crippen MR) is 105 cm³/mol. The number of nitrogens with zero attached hydrogens (tertiary/aromatic N) is 2. The highest BCUT2D eigenvalue weighted by Gasteiger charge is 2.26. The number of benzene rings is 2. The van der Waals surface area contributed by atoms with Gasteiger partial charge in [-0.2, -0.15) is 0 Å². The number of nitrogens with two attached hydrogens (primary N) is 1. The van der Waals surface area contributed by atoms with Crippen molar-refractivity contribution in [1.29, 1.82) is 0 Å². The van der Waals surface area contributed by atoms with E-state index in [4.69, 9.17) is 5.14 Å². The molecule has 1 heterocycles. The highest BCUT2D eigenvalue weighted by molar-refractivity contribution is 7.89. The molecule has 2 aromatic carbocycles. The molecule has 0 aromatic heterocycles. The van der Waals surface area contributed by atoms with Crippen molar-refractivity contribution in [2.75, 3.05) is 31.1 Å². The van der Waals surface area contributed by atoms with Gasteiger partial charge in [0.2, 0.25) is 10.0 Å². The van der Waals surface area contributed by atoms with Crippen LogP contribution in [-0.2, 0) is 26.2 Å². The van der Waals surface area contributed by atoms with Crippen molar-refractivity contribution in [3.8, 4) is 0 Å². The Morgan fingerprint density at radius 3 is 2.21 bits per heavy atom. The Bertz CT molecular complexity index is 1000. The average Bonchev–Trinajstić information content (AvgIpc) is 2.71. The number of hydrogen-bond donors (Lipinski definition) is 2. The van der Waals surface area contributed by atoms with E-state index in [0.717, 1.165) is 0 Å². The Kier molecular flexibility index (Phi) is 6.14. The first-order valence-corrected chi connectivity index (χ1v) is 10.5. The SMILES string of the molecule is NS(=O)(=O)c1ccc(CNC(=O)C(=O)N2CCN(c3ccccc3F)CC2)cc1. The number of anilines is 1. The van der Waals surface area contributed by atoms with Gasteiger partial charge in [0.15, 0.2) is 0 Å². The fourth-order valence-electron chi connectivity index (χ4n) is 3.06. The number of halogens is 1. The molecule has 0 unspecified atom stereocenters. The van der Waals surface area contributed by atoms with Crippen LogP contribution in [0.2, 0.25) is 0 Å². The van der Waals surface area contributed by atoms with Crippen LogP contribution in [0.4, 0.5) is 10.1 Å². The first-order valence-electron chi connectivity index (χ1n) is 8.94. The third-order valence-corrected chi connectivity index (χ3v) is 5.59. The van der Waals surface area contributed by atoms with Crippen molar-refractivity contribution in [3.63, 3.8) is 0 Å². The maximum Gasteiger partial charge on any atom is 0.312 e. The van der Waals surface area contributed by atoms with Gasteiger partial charge in [0, 0.05) is 32.7 Å². The maximum absolute atomic E-state index is 13.9. The zero-order chi connectivity index (χ0) is 21.0. The van der Waals surface area contributed by atoms with Gasteiger partial charge in [0.25, 0.3) is 0 Å². The topological polar surface area (TPSA) is 113 Å². The minimum absolute atomic E-state index is 0.0311. The van der Waals surface area contributed by atoms with E-state index in [0.29, 0.717) is 37.4 Å². The highest BCUT2D eigenvalue weighted by Crippen LogP contribution is 2.20. The molecule has 2 amide bonds. The second-order valence-corrected chi connectivity index (χ2v) is 8.16. The monoisotopic (exact) mass is 420 g/mol. The second-order valence-electron chi connectivity index (χ2n) is 6.60. The summed E-state index contributed by atoms with van der Waals surface area (Å²) in [6.07, 6.45) is 0. The van der Waals surface area contributed by atoms with E-state index in [9.17, 15) is 22.4 Å². The lowest BCUT2D eigenvalue weighted by atomic mass is 10.2. The number of rotatable bonds is 4. The van der Waals surface area contributed by atoms with Gasteiger partial charge in [-0.1, -0.05) is 24.3 Å². The van der Waals surface area contributed by atoms with Gasteiger partial charge in [-0.25, -0.2) is 17.9 Å². The largest absolute Gasteiger partial charge is 0.366 e. The molecule has 29 heavy (non-hydrogen) atoms. The summed E-state index contributed by atoms with van der Waals surface area (Å²) in [7, 11) is -3.78. The molecule has 0 spiro atoms.